The van der Waals surface area contributed by atoms with Gasteiger partial charge >= 0.3 is 0 Å². The lowest BCUT2D eigenvalue weighted by Crippen LogP contribution is -2.30. The van der Waals surface area contributed by atoms with Gasteiger partial charge in [-0.2, -0.15) is 0 Å². The highest BCUT2D eigenvalue weighted by atomic mass is 32.2. The molecule has 0 spiro atoms. The van der Waals surface area contributed by atoms with Gasteiger partial charge in [-0.25, -0.2) is 13.6 Å². The van der Waals surface area contributed by atoms with Crippen molar-refractivity contribution in [3.8, 4) is 5.75 Å². The molecule has 0 aliphatic carbocycles. The summed E-state index contributed by atoms with van der Waals surface area (Å²) >= 11 is 0. The minimum atomic E-state index is -3.76. The van der Waals surface area contributed by atoms with Gasteiger partial charge < -0.3 is 10.1 Å². The zero-order valence-corrected chi connectivity index (χ0v) is 14.9. The highest BCUT2D eigenvalue weighted by molar-refractivity contribution is 7.89. The number of fused-ring (bicyclic) bond motifs is 1. The van der Waals surface area contributed by atoms with Crippen LogP contribution in [0.2, 0.25) is 0 Å². The number of hydrogen-bond donors (Lipinski definition) is 2. The number of rotatable bonds is 5. The maximum Gasteiger partial charge on any atom is 0.265 e. The van der Waals surface area contributed by atoms with Crippen LogP contribution in [0.5, 0.6) is 5.75 Å². The molecule has 0 aliphatic rings. The van der Waals surface area contributed by atoms with Crippen LogP contribution < -0.4 is 15.2 Å². The van der Waals surface area contributed by atoms with Gasteiger partial charge in [-0.1, -0.05) is 36.4 Å². The molecule has 0 saturated heterocycles. The molecule has 0 bridgehead atoms. The summed E-state index contributed by atoms with van der Waals surface area (Å²) in [5.74, 6) is 0.275. The lowest BCUT2D eigenvalue weighted by molar-refractivity contribution is -0.122. The van der Waals surface area contributed by atoms with Gasteiger partial charge in [0.05, 0.1) is 4.90 Å². The fraction of sp³-hybridized carbons (Fsp3) is 0.105. The van der Waals surface area contributed by atoms with E-state index in [-0.39, 0.29) is 10.8 Å². The predicted octanol–water partition coefficient (Wildman–Crippen LogP) is 2.89. The number of carbonyl (C=O) groups is 1. The average Bonchev–Trinajstić information content (AvgIpc) is 2.61. The molecule has 1 atom stereocenters. The van der Waals surface area contributed by atoms with E-state index in [1.807, 2.05) is 42.5 Å². The van der Waals surface area contributed by atoms with E-state index in [1.165, 1.54) is 24.3 Å². The first-order chi connectivity index (χ1) is 12.3. The smallest absolute Gasteiger partial charge is 0.265 e. The number of benzene rings is 3. The second-order valence-corrected chi connectivity index (χ2v) is 7.36. The maximum absolute atomic E-state index is 12.4. The molecule has 0 aliphatic heterocycles. The van der Waals surface area contributed by atoms with Crippen LogP contribution >= 0.6 is 0 Å². The van der Waals surface area contributed by atoms with Crippen molar-refractivity contribution in [3.05, 3.63) is 66.7 Å². The van der Waals surface area contributed by atoms with Gasteiger partial charge in [0, 0.05) is 11.1 Å². The van der Waals surface area contributed by atoms with Gasteiger partial charge in [0.15, 0.2) is 6.10 Å². The molecule has 134 valence electrons. The molecule has 0 radical (unpaired) electrons. The largest absolute Gasteiger partial charge is 0.480 e. The minimum Gasteiger partial charge on any atom is -0.480 e. The lowest BCUT2D eigenvalue weighted by atomic mass is 10.1. The van der Waals surface area contributed by atoms with E-state index in [1.54, 1.807) is 6.92 Å². The molecule has 3 aromatic rings. The molecule has 0 unspecified atom stereocenters. The number of anilines is 1. The van der Waals surface area contributed by atoms with Crippen LogP contribution in [0, 0.1) is 0 Å². The first-order valence-electron chi connectivity index (χ1n) is 7.93. The Morgan fingerprint density at radius 2 is 1.65 bits per heavy atom. The van der Waals surface area contributed by atoms with Crippen molar-refractivity contribution in [2.75, 3.05) is 5.32 Å². The average molecular weight is 370 g/mol. The van der Waals surface area contributed by atoms with Crippen LogP contribution in [0.25, 0.3) is 10.8 Å². The Hall–Kier alpha value is -2.90. The standard InChI is InChI=1S/C19H18N2O4S/c1-13(25-18-8-4-6-14-5-2-3-7-17(14)18)19(22)21-15-9-11-16(12-10-15)26(20,23)24/h2-13H,1H3,(H,21,22)(H2,20,23,24)/t13-/m0/s1. The highest BCUT2D eigenvalue weighted by Gasteiger charge is 2.16. The third kappa shape index (κ3) is 4.01. The zero-order valence-electron chi connectivity index (χ0n) is 14.0. The Labute approximate surface area is 151 Å². The van der Waals surface area contributed by atoms with Crippen molar-refractivity contribution >= 4 is 32.4 Å². The lowest BCUT2D eigenvalue weighted by Gasteiger charge is -2.16. The van der Waals surface area contributed by atoms with Crippen molar-refractivity contribution < 1.29 is 17.9 Å². The van der Waals surface area contributed by atoms with Gasteiger partial charge in [-0.05, 0) is 42.6 Å². The number of ether oxygens (including phenoxy) is 1. The second-order valence-electron chi connectivity index (χ2n) is 5.80. The van der Waals surface area contributed by atoms with Crippen LogP contribution in [0.1, 0.15) is 6.92 Å². The summed E-state index contributed by atoms with van der Waals surface area (Å²) in [5.41, 5.74) is 0.454. The van der Waals surface area contributed by atoms with Crippen LogP contribution in [-0.4, -0.2) is 20.4 Å². The van der Waals surface area contributed by atoms with Gasteiger partial charge in [-0.3, -0.25) is 4.79 Å². The fourth-order valence-electron chi connectivity index (χ4n) is 2.51. The van der Waals surface area contributed by atoms with Gasteiger partial charge in [-0.15, -0.1) is 0 Å². The first kappa shape index (κ1) is 17.9. The molecular formula is C19H18N2O4S. The van der Waals surface area contributed by atoms with Gasteiger partial charge in [0.25, 0.3) is 5.91 Å². The van der Waals surface area contributed by atoms with Crippen molar-refractivity contribution in [2.45, 2.75) is 17.9 Å². The highest BCUT2D eigenvalue weighted by Crippen LogP contribution is 2.26. The third-order valence-corrected chi connectivity index (χ3v) is 4.80. The van der Waals surface area contributed by atoms with Crippen molar-refractivity contribution in [1.82, 2.24) is 0 Å². The summed E-state index contributed by atoms with van der Waals surface area (Å²) in [6, 6.07) is 19.0. The molecule has 0 fully saturated rings. The van der Waals surface area contributed by atoms with E-state index in [0.29, 0.717) is 11.4 Å². The summed E-state index contributed by atoms with van der Waals surface area (Å²) < 4.78 is 28.3. The number of carbonyl (C=O) groups excluding carboxylic acids is 1. The van der Waals surface area contributed by atoms with E-state index >= 15 is 0 Å². The van der Waals surface area contributed by atoms with E-state index in [9.17, 15) is 13.2 Å². The Balaban J connectivity index is 1.72. The molecule has 0 heterocycles. The fourth-order valence-corrected chi connectivity index (χ4v) is 3.03. The molecule has 26 heavy (non-hydrogen) atoms. The van der Waals surface area contributed by atoms with Gasteiger partial charge in [0.2, 0.25) is 10.0 Å². The summed E-state index contributed by atoms with van der Waals surface area (Å²) in [6.45, 7) is 1.65. The summed E-state index contributed by atoms with van der Waals surface area (Å²) in [5, 5.41) is 9.69. The molecule has 3 rings (SSSR count). The molecule has 3 aromatic carbocycles. The second kappa shape index (κ2) is 7.15. The molecule has 0 aromatic heterocycles. The third-order valence-electron chi connectivity index (χ3n) is 3.87. The first-order valence-corrected chi connectivity index (χ1v) is 9.47. The van der Waals surface area contributed by atoms with Crippen molar-refractivity contribution in [2.24, 2.45) is 5.14 Å². The number of nitrogens with two attached hydrogens (primary N) is 1. The Morgan fingerprint density at radius 3 is 2.35 bits per heavy atom. The number of primary sulfonamides is 1. The topological polar surface area (TPSA) is 98.5 Å². The zero-order chi connectivity index (χ0) is 18.7. The SMILES string of the molecule is C[C@H](Oc1cccc2ccccc12)C(=O)Nc1ccc(S(N)(=O)=O)cc1. The van der Waals surface area contributed by atoms with Crippen molar-refractivity contribution in [3.63, 3.8) is 0 Å². The molecule has 6 nitrogen and oxygen atoms in total. The van der Waals surface area contributed by atoms with Crippen LogP contribution in [-0.2, 0) is 14.8 Å². The molecule has 0 saturated carbocycles. The van der Waals surface area contributed by atoms with Gasteiger partial charge in [0.1, 0.15) is 5.75 Å². The normalized spacial score (nSPS) is 12.5. The number of nitrogens with one attached hydrogen (secondary N) is 1. The minimum absolute atomic E-state index is 0.0180. The predicted molar refractivity (Wildman–Crippen MR) is 100 cm³/mol. The molecule has 1 amide bonds. The van der Waals surface area contributed by atoms with E-state index < -0.39 is 16.1 Å². The van der Waals surface area contributed by atoms with Crippen molar-refractivity contribution in [1.29, 1.82) is 0 Å². The van der Waals surface area contributed by atoms with Crippen LogP contribution in [0.15, 0.2) is 71.6 Å². The number of hydrogen-bond acceptors (Lipinski definition) is 4. The number of amides is 1. The Kier molecular flexibility index (Phi) is 4.92. The molecule has 7 heteroatoms. The monoisotopic (exact) mass is 370 g/mol. The van der Waals surface area contributed by atoms with Crippen LogP contribution in [0.4, 0.5) is 5.69 Å². The van der Waals surface area contributed by atoms with E-state index in [2.05, 4.69) is 5.32 Å². The molecular weight excluding hydrogens is 352 g/mol. The summed E-state index contributed by atoms with van der Waals surface area (Å²) in [6.07, 6.45) is -0.737. The number of sulfonamides is 1. The van der Waals surface area contributed by atoms with Crippen LogP contribution in [0.3, 0.4) is 0 Å². The van der Waals surface area contributed by atoms with E-state index in [0.717, 1.165) is 10.8 Å². The molecule has 3 N–H and O–H groups in total. The quantitative estimate of drug-likeness (QED) is 0.721. The Bertz CT molecular complexity index is 1040. The summed E-state index contributed by atoms with van der Waals surface area (Å²) in [7, 11) is -3.76. The Morgan fingerprint density at radius 1 is 1.00 bits per heavy atom. The van der Waals surface area contributed by atoms with E-state index in [4.69, 9.17) is 9.88 Å². The summed E-state index contributed by atoms with van der Waals surface area (Å²) in [4.78, 5) is 12.3. The maximum atomic E-state index is 12.4.